The van der Waals surface area contributed by atoms with Gasteiger partial charge in [-0.05, 0) is 35.2 Å². The lowest BCUT2D eigenvalue weighted by Crippen LogP contribution is -2.25. The fraction of sp³-hybridized carbons (Fsp3) is 0.217. The van der Waals surface area contributed by atoms with E-state index < -0.39 is 12.1 Å². The largest absolute Gasteiger partial charge is 0.454 e. The van der Waals surface area contributed by atoms with Crippen LogP contribution < -0.4 is 0 Å². The SMILES string of the molecule is CCc1ccc(C(=O)[C@@H](C)OC(=O)Cc2cccc3ccccc23)cc1. The molecule has 0 bridgehead atoms. The van der Waals surface area contributed by atoms with Crippen molar-refractivity contribution in [2.45, 2.75) is 32.8 Å². The lowest BCUT2D eigenvalue weighted by Gasteiger charge is -2.13. The van der Waals surface area contributed by atoms with Gasteiger partial charge in [-0.2, -0.15) is 0 Å². The molecule has 3 heteroatoms. The average Bonchev–Trinajstić information content (AvgIpc) is 2.67. The number of esters is 1. The maximum atomic E-state index is 12.5. The summed E-state index contributed by atoms with van der Waals surface area (Å²) in [7, 11) is 0. The maximum absolute atomic E-state index is 12.5. The molecule has 3 aromatic rings. The third-order valence-electron chi connectivity index (χ3n) is 4.54. The Morgan fingerprint density at radius 3 is 2.35 bits per heavy atom. The first kappa shape index (κ1) is 17.9. The molecular weight excluding hydrogens is 324 g/mol. The molecule has 0 saturated heterocycles. The van der Waals surface area contributed by atoms with E-state index in [1.165, 1.54) is 5.56 Å². The van der Waals surface area contributed by atoms with Gasteiger partial charge in [0.2, 0.25) is 5.78 Å². The molecule has 3 rings (SSSR count). The summed E-state index contributed by atoms with van der Waals surface area (Å²) in [5.74, 6) is -0.577. The lowest BCUT2D eigenvalue weighted by molar-refractivity contribution is -0.145. The van der Waals surface area contributed by atoms with Crippen LogP contribution in [0.1, 0.15) is 35.3 Å². The van der Waals surface area contributed by atoms with Gasteiger partial charge in [0.15, 0.2) is 6.10 Å². The van der Waals surface area contributed by atoms with Gasteiger partial charge in [-0.3, -0.25) is 9.59 Å². The Bertz CT molecular complexity index is 920. The molecule has 3 aromatic carbocycles. The zero-order valence-corrected chi connectivity index (χ0v) is 15.1. The second kappa shape index (κ2) is 7.96. The number of hydrogen-bond acceptors (Lipinski definition) is 3. The summed E-state index contributed by atoms with van der Waals surface area (Å²) < 4.78 is 5.39. The Labute approximate surface area is 153 Å². The second-order valence-corrected chi connectivity index (χ2v) is 6.36. The van der Waals surface area contributed by atoms with Gasteiger partial charge in [0.05, 0.1) is 6.42 Å². The molecule has 0 N–H and O–H groups in total. The van der Waals surface area contributed by atoms with Crippen LogP contribution in [0.4, 0.5) is 0 Å². The van der Waals surface area contributed by atoms with Crippen molar-refractivity contribution in [1.29, 1.82) is 0 Å². The number of rotatable bonds is 6. The van der Waals surface area contributed by atoms with Crippen molar-refractivity contribution in [1.82, 2.24) is 0 Å². The Balaban J connectivity index is 1.67. The highest BCUT2D eigenvalue weighted by atomic mass is 16.5. The zero-order chi connectivity index (χ0) is 18.5. The van der Waals surface area contributed by atoms with Crippen LogP contribution in [-0.4, -0.2) is 17.9 Å². The van der Waals surface area contributed by atoms with E-state index in [1.54, 1.807) is 19.1 Å². The number of carbonyl (C=O) groups is 2. The van der Waals surface area contributed by atoms with Gasteiger partial charge in [0.25, 0.3) is 0 Å². The minimum atomic E-state index is -0.801. The van der Waals surface area contributed by atoms with E-state index in [-0.39, 0.29) is 12.2 Å². The van der Waals surface area contributed by atoms with Crippen molar-refractivity contribution in [2.75, 3.05) is 0 Å². The van der Waals surface area contributed by atoms with Crippen molar-refractivity contribution in [3.8, 4) is 0 Å². The standard InChI is InChI=1S/C23H22O3/c1-3-17-11-13-19(14-12-17)23(25)16(2)26-22(24)15-20-9-6-8-18-7-4-5-10-21(18)20/h4-14,16H,3,15H2,1-2H3/t16-/m1/s1. The first-order valence-electron chi connectivity index (χ1n) is 8.87. The Hall–Kier alpha value is -2.94. The molecule has 0 aliphatic rings. The minimum absolute atomic E-state index is 0.147. The number of ether oxygens (including phenoxy) is 1. The molecule has 132 valence electrons. The van der Waals surface area contributed by atoms with Gasteiger partial charge < -0.3 is 4.74 Å². The number of Topliss-reactive ketones (excluding diaryl/α,β-unsaturated/α-hetero) is 1. The van der Waals surface area contributed by atoms with Crippen molar-refractivity contribution in [3.05, 3.63) is 83.4 Å². The lowest BCUT2D eigenvalue weighted by atomic mass is 10.0. The summed E-state index contributed by atoms with van der Waals surface area (Å²) in [5, 5.41) is 2.11. The van der Waals surface area contributed by atoms with E-state index in [0.29, 0.717) is 5.56 Å². The summed E-state index contributed by atoms with van der Waals surface area (Å²) in [6, 6.07) is 21.2. The average molecular weight is 346 g/mol. The molecule has 0 aliphatic heterocycles. The fourth-order valence-corrected chi connectivity index (χ4v) is 3.03. The van der Waals surface area contributed by atoms with Gasteiger partial charge in [0, 0.05) is 5.56 Å². The number of benzene rings is 3. The Morgan fingerprint density at radius 2 is 1.62 bits per heavy atom. The second-order valence-electron chi connectivity index (χ2n) is 6.36. The van der Waals surface area contributed by atoms with Crippen molar-refractivity contribution in [3.63, 3.8) is 0 Å². The molecule has 0 heterocycles. The predicted molar refractivity (Wildman–Crippen MR) is 103 cm³/mol. The molecular formula is C23H22O3. The summed E-state index contributed by atoms with van der Waals surface area (Å²) >= 11 is 0. The summed E-state index contributed by atoms with van der Waals surface area (Å²) in [4.78, 5) is 24.8. The normalized spacial score (nSPS) is 11.9. The van der Waals surface area contributed by atoms with Gasteiger partial charge in [-0.1, -0.05) is 73.7 Å². The number of carbonyl (C=O) groups excluding carboxylic acids is 2. The van der Waals surface area contributed by atoms with Crippen LogP contribution in [0.3, 0.4) is 0 Å². The van der Waals surface area contributed by atoms with Crippen LogP contribution in [-0.2, 0) is 22.4 Å². The molecule has 0 saturated carbocycles. The van der Waals surface area contributed by atoms with E-state index in [2.05, 4.69) is 6.92 Å². The van der Waals surface area contributed by atoms with Gasteiger partial charge >= 0.3 is 5.97 Å². The summed E-state index contributed by atoms with van der Waals surface area (Å²) in [6.07, 6.45) is 0.266. The Kier molecular flexibility index (Phi) is 5.47. The van der Waals surface area contributed by atoms with Crippen LogP contribution in [0, 0.1) is 0 Å². The zero-order valence-electron chi connectivity index (χ0n) is 15.1. The van der Waals surface area contributed by atoms with Crippen LogP contribution in [0.15, 0.2) is 66.7 Å². The quantitative estimate of drug-likeness (QED) is 0.477. The third kappa shape index (κ3) is 3.99. The van der Waals surface area contributed by atoms with E-state index in [4.69, 9.17) is 4.74 Å². The number of hydrogen-bond donors (Lipinski definition) is 0. The van der Waals surface area contributed by atoms with Gasteiger partial charge in [-0.15, -0.1) is 0 Å². The minimum Gasteiger partial charge on any atom is -0.454 e. The highest BCUT2D eigenvalue weighted by Gasteiger charge is 2.20. The molecule has 0 spiro atoms. The van der Waals surface area contributed by atoms with Gasteiger partial charge in [-0.25, -0.2) is 0 Å². The molecule has 0 aromatic heterocycles. The molecule has 0 unspecified atom stereocenters. The van der Waals surface area contributed by atoms with Crippen molar-refractivity contribution in [2.24, 2.45) is 0 Å². The molecule has 1 atom stereocenters. The molecule has 0 amide bonds. The number of ketones is 1. The first-order chi connectivity index (χ1) is 12.6. The molecule has 26 heavy (non-hydrogen) atoms. The fourth-order valence-electron chi connectivity index (χ4n) is 3.03. The van der Waals surface area contributed by atoms with E-state index >= 15 is 0 Å². The summed E-state index contributed by atoms with van der Waals surface area (Å²) in [5.41, 5.74) is 2.63. The molecule has 0 fully saturated rings. The number of aryl methyl sites for hydroxylation is 1. The van der Waals surface area contributed by atoms with Crippen LogP contribution in [0.25, 0.3) is 10.8 Å². The monoisotopic (exact) mass is 346 g/mol. The number of fused-ring (bicyclic) bond motifs is 1. The van der Waals surface area contributed by atoms with Crippen molar-refractivity contribution < 1.29 is 14.3 Å². The highest BCUT2D eigenvalue weighted by molar-refractivity contribution is 6.00. The van der Waals surface area contributed by atoms with E-state index in [0.717, 1.165) is 22.8 Å². The topological polar surface area (TPSA) is 43.4 Å². The molecule has 3 nitrogen and oxygen atoms in total. The van der Waals surface area contributed by atoms with Crippen LogP contribution in [0.5, 0.6) is 0 Å². The Morgan fingerprint density at radius 1 is 0.923 bits per heavy atom. The van der Waals surface area contributed by atoms with Gasteiger partial charge in [0.1, 0.15) is 0 Å². The first-order valence-corrected chi connectivity index (χ1v) is 8.87. The smallest absolute Gasteiger partial charge is 0.310 e. The predicted octanol–water partition coefficient (Wildman–Crippen LogP) is 4.76. The summed E-state index contributed by atoms with van der Waals surface area (Å²) in [6.45, 7) is 3.69. The van der Waals surface area contributed by atoms with E-state index in [9.17, 15) is 9.59 Å². The highest BCUT2D eigenvalue weighted by Crippen LogP contribution is 2.19. The van der Waals surface area contributed by atoms with Crippen LogP contribution in [0.2, 0.25) is 0 Å². The van der Waals surface area contributed by atoms with E-state index in [1.807, 2.05) is 54.6 Å². The maximum Gasteiger partial charge on any atom is 0.310 e. The molecule has 0 aliphatic carbocycles. The van der Waals surface area contributed by atoms with Crippen molar-refractivity contribution >= 4 is 22.5 Å². The van der Waals surface area contributed by atoms with Crippen LogP contribution >= 0.6 is 0 Å². The molecule has 0 radical (unpaired) electrons. The third-order valence-corrected chi connectivity index (χ3v) is 4.54.